The molecule has 1 rings (SSSR count). The van der Waals surface area contributed by atoms with Gasteiger partial charge in [0.05, 0.1) is 10.5 Å². The maximum atomic E-state index is 10.7. The summed E-state index contributed by atoms with van der Waals surface area (Å²) in [4.78, 5) is 10.3. The van der Waals surface area contributed by atoms with E-state index in [-0.39, 0.29) is 5.69 Å². The highest BCUT2D eigenvalue weighted by molar-refractivity contribution is 5.92. The van der Waals surface area contributed by atoms with Gasteiger partial charge in [-0.05, 0) is 13.0 Å². The lowest BCUT2D eigenvalue weighted by molar-refractivity contribution is -0.385. The summed E-state index contributed by atoms with van der Waals surface area (Å²) < 4.78 is 0. The molecule has 14 heavy (non-hydrogen) atoms. The molecule has 5 heteroatoms. The summed E-state index contributed by atoms with van der Waals surface area (Å²) in [6, 6.07) is 3.39. The van der Waals surface area contributed by atoms with Crippen LogP contribution in [0.3, 0.4) is 0 Å². The second-order valence-corrected chi connectivity index (χ2v) is 2.84. The molecule has 0 bridgehead atoms. The van der Waals surface area contributed by atoms with E-state index < -0.39 is 4.92 Å². The number of hydrogen-bond acceptors (Lipinski definition) is 4. The lowest BCUT2D eigenvalue weighted by Crippen LogP contribution is -2.02. The van der Waals surface area contributed by atoms with E-state index in [1.54, 1.807) is 26.1 Å². The van der Waals surface area contributed by atoms with Crippen molar-refractivity contribution in [2.45, 2.75) is 6.92 Å². The van der Waals surface area contributed by atoms with Gasteiger partial charge in [-0.25, -0.2) is 0 Å². The van der Waals surface area contributed by atoms with Crippen LogP contribution in [-0.4, -0.2) is 18.2 Å². The minimum Gasteiger partial charge on any atom is -0.387 e. The Morgan fingerprint density at radius 2 is 2.21 bits per heavy atom. The van der Waals surface area contributed by atoms with E-state index in [0.29, 0.717) is 16.8 Å². The number of nitrogens with zero attached hydrogens (tertiary/aromatic N) is 1. The first kappa shape index (κ1) is 10.2. The Labute approximate surface area is 81.4 Å². The SMILES string of the molecule is CNc1ccc(C)c([N+](=O)[O-])c1C=N. The van der Waals surface area contributed by atoms with Gasteiger partial charge in [0, 0.05) is 24.5 Å². The van der Waals surface area contributed by atoms with Crippen LogP contribution in [0.1, 0.15) is 11.1 Å². The van der Waals surface area contributed by atoms with Crippen LogP contribution in [0.4, 0.5) is 11.4 Å². The second-order valence-electron chi connectivity index (χ2n) is 2.84. The number of anilines is 1. The molecular formula is C9H11N3O2. The fourth-order valence-electron chi connectivity index (χ4n) is 1.32. The molecule has 0 radical (unpaired) electrons. The van der Waals surface area contributed by atoms with Gasteiger partial charge in [-0.3, -0.25) is 10.1 Å². The fraction of sp³-hybridized carbons (Fsp3) is 0.222. The van der Waals surface area contributed by atoms with Crippen LogP contribution in [0.5, 0.6) is 0 Å². The molecule has 5 nitrogen and oxygen atoms in total. The van der Waals surface area contributed by atoms with Gasteiger partial charge >= 0.3 is 0 Å². The standard InChI is InChI=1S/C9H11N3O2/c1-6-3-4-8(11-2)7(5-10)9(6)12(13)14/h3-5,10-11H,1-2H3. The van der Waals surface area contributed by atoms with E-state index >= 15 is 0 Å². The Morgan fingerprint density at radius 1 is 1.57 bits per heavy atom. The van der Waals surface area contributed by atoms with Crippen molar-refractivity contribution in [3.63, 3.8) is 0 Å². The molecule has 0 aliphatic heterocycles. The summed E-state index contributed by atoms with van der Waals surface area (Å²) in [6.07, 6.45) is 0.997. The summed E-state index contributed by atoms with van der Waals surface area (Å²) in [5.41, 5.74) is 1.47. The Balaban J connectivity index is 3.50. The molecule has 1 aromatic carbocycles. The van der Waals surface area contributed by atoms with Crippen molar-refractivity contribution in [3.05, 3.63) is 33.4 Å². The summed E-state index contributed by atoms with van der Waals surface area (Å²) in [7, 11) is 1.67. The molecule has 0 atom stereocenters. The third kappa shape index (κ3) is 1.56. The number of benzene rings is 1. The molecule has 0 aromatic heterocycles. The maximum absolute atomic E-state index is 10.7. The molecule has 0 aliphatic carbocycles. The quantitative estimate of drug-likeness (QED) is 0.437. The minimum absolute atomic E-state index is 0.00755. The van der Waals surface area contributed by atoms with Crippen molar-refractivity contribution >= 4 is 17.6 Å². The van der Waals surface area contributed by atoms with Crippen molar-refractivity contribution in [2.75, 3.05) is 12.4 Å². The summed E-state index contributed by atoms with van der Waals surface area (Å²) in [5, 5.41) is 20.7. The first-order valence-electron chi connectivity index (χ1n) is 4.08. The predicted molar refractivity (Wildman–Crippen MR) is 55.3 cm³/mol. The van der Waals surface area contributed by atoms with Gasteiger partial charge in [-0.15, -0.1) is 0 Å². The summed E-state index contributed by atoms with van der Waals surface area (Å²) >= 11 is 0. The van der Waals surface area contributed by atoms with Crippen LogP contribution in [0.15, 0.2) is 12.1 Å². The first-order valence-corrected chi connectivity index (χ1v) is 4.08. The van der Waals surface area contributed by atoms with Crippen molar-refractivity contribution in [2.24, 2.45) is 0 Å². The summed E-state index contributed by atoms with van der Waals surface area (Å²) in [5.74, 6) is 0. The van der Waals surface area contributed by atoms with Crippen molar-refractivity contribution < 1.29 is 4.92 Å². The van der Waals surface area contributed by atoms with E-state index in [4.69, 9.17) is 5.41 Å². The Kier molecular flexibility index (Phi) is 2.81. The Bertz CT molecular complexity index is 388. The molecule has 0 heterocycles. The number of hydrogen-bond donors (Lipinski definition) is 2. The number of nitro benzene ring substituents is 1. The Morgan fingerprint density at radius 3 is 2.64 bits per heavy atom. The molecule has 2 N–H and O–H groups in total. The van der Waals surface area contributed by atoms with E-state index in [9.17, 15) is 10.1 Å². The highest BCUT2D eigenvalue weighted by Crippen LogP contribution is 2.27. The molecule has 0 spiro atoms. The fourth-order valence-corrected chi connectivity index (χ4v) is 1.32. The van der Waals surface area contributed by atoms with Gasteiger partial charge in [0.25, 0.3) is 5.69 Å². The smallest absolute Gasteiger partial charge is 0.283 e. The molecule has 0 aliphatic rings. The van der Waals surface area contributed by atoms with Gasteiger partial charge in [0.1, 0.15) is 0 Å². The normalized spacial score (nSPS) is 9.57. The van der Waals surface area contributed by atoms with Crippen molar-refractivity contribution in [1.82, 2.24) is 0 Å². The molecule has 1 aromatic rings. The lowest BCUT2D eigenvalue weighted by atomic mass is 10.1. The second kappa shape index (κ2) is 3.87. The molecule has 0 fully saturated rings. The van der Waals surface area contributed by atoms with E-state index in [1.807, 2.05) is 0 Å². The van der Waals surface area contributed by atoms with E-state index in [0.717, 1.165) is 6.21 Å². The van der Waals surface area contributed by atoms with Gasteiger partial charge < -0.3 is 10.7 Å². The van der Waals surface area contributed by atoms with Crippen LogP contribution < -0.4 is 5.32 Å². The van der Waals surface area contributed by atoms with Crippen molar-refractivity contribution in [1.29, 1.82) is 5.41 Å². The zero-order chi connectivity index (χ0) is 10.7. The topological polar surface area (TPSA) is 79.0 Å². The van der Waals surface area contributed by atoms with Crippen LogP contribution in [0.25, 0.3) is 0 Å². The molecule has 0 amide bonds. The molecular weight excluding hydrogens is 182 g/mol. The first-order chi connectivity index (χ1) is 6.61. The highest BCUT2D eigenvalue weighted by atomic mass is 16.6. The minimum atomic E-state index is -0.462. The van der Waals surface area contributed by atoms with Gasteiger partial charge in [0.15, 0.2) is 0 Å². The molecule has 0 unspecified atom stereocenters. The number of aryl methyl sites for hydroxylation is 1. The van der Waals surface area contributed by atoms with Gasteiger partial charge in [-0.2, -0.15) is 0 Å². The van der Waals surface area contributed by atoms with Crippen LogP contribution in [0.2, 0.25) is 0 Å². The third-order valence-corrected chi connectivity index (χ3v) is 2.02. The monoisotopic (exact) mass is 193 g/mol. The Hall–Kier alpha value is -1.91. The van der Waals surface area contributed by atoms with E-state index in [1.165, 1.54) is 0 Å². The average Bonchev–Trinajstić information content (AvgIpc) is 2.16. The lowest BCUT2D eigenvalue weighted by Gasteiger charge is -2.06. The number of nitro groups is 1. The van der Waals surface area contributed by atoms with Crippen LogP contribution >= 0.6 is 0 Å². The van der Waals surface area contributed by atoms with Crippen LogP contribution in [0, 0.1) is 22.4 Å². The zero-order valence-electron chi connectivity index (χ0n) is 8.00. The van der Waals surface area contributed by atoms with E-state index in [2.05, 4.69) is 5.32 Å². The predicted octanol–water partition coefficient (Wildman–Crippen LogP) is 1.94. The third-order valence-electron chi connectivity index (χ3n) is 2.02. The maximum Gasteiger partial charge on any atom is 0.283 e. The average molecular weight is 193 g/mol. The largest absolute Gasteiger partial charge is 0.387 e. The van der Waals surface area contributed by atoms with Gasteiger partial charge in [0.2, 0.25) is 0 Å². The van der Waals surface area contributed by atoms with Crippen LogP contribution in [-0.2, 0) is 0 Å². The molecule has 0 saturated carbocycles. The highest BCUT2D eigenvalue weighted by Gasteiger charge is 2.18. The summed E-state index contributed by atoms with van der Waals surface area (Å²) in [6.45, 7) is 1.66. The number of nitrogens with one attached hydrogen (secondary N) is 2. The molecule has 74 valence electrons. The molecule has 0 saturated heterocycles. The zero-order valence-corrected chi connectivity index (χ0v) is 8.00. The number of rotatable bonds is 3. The van der Waals surface area contributed by atoms with Gasteiger partial charge in [-0.1, -0.05) is 6.07 Å². The van der Waals surface area contributed by atoms with Crippen molar-refractivity contribution in [3.8, 4) is 0 Å².